The van der Waals surface area contributed by atoms with Crippen LogP contribution in [0, 0.1) is 0 Å². The normalized spacial score (nSPS) is 28.9. The number of benzene rings is 1. The molecule has 0 aromatic heterocycles. The number of rotatable bonds is 3. The molecule has 0 atom stereocenters. The summed E-state index contributed by atoms with van der Waals surface area (Å²) in [6, 6.07) is 7.27. The van der Waals surface area contributed by atoms with Crippen LogP contribution >= 0.6 is 0 Å². The molecule has 0 aliphatic heterocycles. The van der Waals surface area contributed by atoms with Gasteiger partial charge in [0.1, 0.15) is 5.75 Å². The molecule has 0 saturated heterocycles. The van der Waals surface area contributed by atoms with Gasteiger partial charge in [0.2, 0.25) is 0 Å². The molecule has 1 aliphatic carbocycles. The number of nitrogens with two attached hydrogens (primary N) is 1. The summed E-state index contributed by atoms with van der Waals surface area (Å²) in [5, 5.41) is 23.0. The number of phenolic OH excluding ortho intramolecular Hbond substituents is 1. The molecule has 1 fully saturated rings. The highest BCUT2D eigenvalue weighted by atomic mass is 16.3. The van der Waals surface area contributed by atoms with Crippen LogP contribution in [-0.4, -0.2) is 28.4 Å². The predicted octanol–water partition coefficient (Wildman–Crippen LogP) is 1.44. The molecule has 2 rings (SSSR count). The lowest BCUT2D eigenvalue weighted by molar-refractivity contribution is 0.0122. The van der Waals surface area contributed by atoms with E-state index < -0.39 is 5.60 Å². The van der Waals surface area contributed by atoms with Crippen LogP contribution in [0.3, 0.4) is 0 Å². The summed E-state index contributed by atoms with van der Waals surface area (Å²) in [6.45, 7) is 0.456. The molecule has 17 heavy (non-hydrogen) atoms. The first kappa shape index (κ1) is 12.2. The monoisotopic (exact) mass is 236 g/mol. The molecular formula is C13H20N2O2. The molecule has 4 heteroatoms. The van der Waals surface area contributed by atoms with E-state index in [-0.39, 0.29) is 11.8 Å². The molecule has 94 valence electrons. The van der Waals surface area contributed by atoms with Crippen molar-refractivity contribution in [1.82, 2.24) is 0 Å². The van der Waals surface area contributed by atoms with E-state index >= 15 is 0 Å². The van der Waals surface area contributed by atoms with E-state index in [4.69, 9.17) is 5.73 Å². The Labute approximate surface area is 101 Å². The average molecular weight is 236 g/mol. The van der Waals surface area contributed by atoms with E-state index in [2.05, 4.69) is 5.32 Å². The minimum atomic E-state index is -0.696. The van der Waals surface area contributed by atoms with Crippen molar-refractivity contribution in [2.45, 2.75) is 37.3 Å². The third-order valence-electron chi connectivity index (χ3n) is 3.47. The molecule has 0 spiro atoms. The first-order valence-electron chi connectivity index (χ1n) is 6.09. The van der Waals surface area contributed by atoms with Crippen LogP contribution in [0.1, 0.15) is 25.7 Å². The van der Waals surface area contributed by atoms with Gasteiger partial charge in [0, 0.05) is 12.6 Å². The molecule has 0 radical (unpaired) electrons. The maximum Gasteiger partial charge on any atom is 0.138 e. The lowest BCUT2D eigenvalue weighted by Crippen LogP contribution is -2.43. The van der Waals surface area contributed by atoms with Crippen LogP contribution in [0.4, 0.5) is 5.69 Å². The largest absolute Gasteiger partial charge is 0.506 e. The third-order valence-corrected chi connectivity index (χ3v) is 3.47. The second-order valence-electron chi connectivity index (χ2n) is 4.93. The van der Waals surface area contributed by atoms with Gasteiger partial charge in [-0.3, -0.25) is 0 Å². The van der Waals surface area contributed by atoms with E-state index in [0.29, 0.717) is 12.2 Å². The minimum absolute atomic E-state index is 0.212. The lowest BCUT2D eigenvalue weighted by atomic mass is 9.82. The molecule has 1 aliphatic rings. The minimum Gasteiger partial charge on any atom is -0.506 e. The topological polar surface area (TPSA) is 78.5 Å². The molecule has 4 nitrogen and oxygen atoms in total. The summed E-state index contributed by atoms with van der Waals surface area (Å²) in [5.41, 5.74) is 5.78. The first-order chi connectivity index (χ1) is 8.09. The highest BCUT2D eigenvalue weighted by Gasteiger charge is 2.31. The van der Waals surface area contributed by atoms with Crippen molar-refractivity contribution in [3.05, 3.63) is 24.3 Å². The molecule has 0 bridgehead atoms. The predicted molar refractivity (Wildman–Crippen MR) is 68.0 cm³/mol. The van der Waals surface area contributed by atoms with Crippen LogP contribution in [0.15, 0.2) is 24.3 Å². The molecule has 5 N–H and O–H groups in total. The summed E-state index contributed by atoms with van der Waals surface area (Å²) >= 11 is 0. The maximum absolute atomic E-state index is 10.3. The Balaban J connectivity index is 1.92. The quantitative estimate of drug-likeness (QED) is 0.599. The van der Waals surface area contributed by atoms with Gasteiger partial charge < -0.3 is 21.3 Å². The van der Waals surface area contributed by atoms with Crippen LogP contribution < -0.4 is 11.1 Å². The smallest absolute Gasteiger partial charge is 0.138 e. The first-order valence-corrected chi connectivity index (χ1v) is 6.09. The van der Waals surface area contributed by atoms with Crippen molar-refractivity contribution in [2.24, 2.45) is 5.73 Å². The highest BCUT2D eigenvalue weighted by molar-refractivity contribution is 5.55. The van der Waals surface area contributed by atoms with Gasteiger partial charge in [-0.15, -0.1) is 0 Å². The molecular weight excluding hydrogens is 216 g/mol. The second-order valence-corrected chi connectivity index (χ2v) is 4.93. The molecule has 1 saturated carbocycles. The number of aromatic hydroxyl groups is 1. The zero-order valence-electron chi connectivity index (χ0n) is 9.89. The van der Waals surface area contributed by atoms with Gasteiger partial charge in [-0.25, -0.2) is 0 Å². The fraction of sp³-hybridized carbons (Fsp3) is 0.538. The van der Waals surface area contributed by atoms with Crippen molar-refractivity contribution in [3.63, 3.8) is 0 Å². The highest BCUT2D eigenvalue weighted by Crippen LogP contribution is 2.29. The van der Waals surface area contributed by atoms with Crippen molar-refractivity contribution >= 4 is 5.69 Å². The molecule has 0 heterocycles. The van der Waals surface area contributed by atoms with Crippen molar-refractivity contribution in [2.75, 3.05) is 11.9 Å². The van der Waals surface area contributed by atoms with Gasteiger partial charge in [0.15, 0.2) is 0 Å². The van der Waals surface area contributed by atoms with Gasteiger partial charge in [0.25, 0.3) is 0 Å². The lowest BCUT2D eigenvalue weighted by Gasteiger charge is -2.35. The standard InChI is InChI=1S/C13H20N2O2/c14-10-5-7-13(17,8-6-10)9-15-11-3-1-2-4-12(11)16/h1-4,10,15-17H,5-9,14H2. The molecule has 1 aromatic carbocycles. The van der Waals surface area contributed by atoms with Gasteiger partial charge in [-0.1, -0.05) is 12.1 Å². The van der Waals surface area contributed by atoms with Crippen LogP contribution in [-0.2, 0) is 0 Å². The number of nitrogens with one attached hydrogen (secondary N) is 1. The van der Waals surface area contributed by atoms with E-state index in [1.54, 1.807) is 18.2 Å². The fourth-order valence-corrected chi connectivity index (χ4v) is 2.24. The average Bonchev–Trinajstić information content (AvgIpc) is 2.33. The zero-order valence-corrected chi connectivity index (χ0v) is 9.89. The Kier molecular flexibility index (Phi) is 3.54. The number of hydrogen-bond donors (Lipinski definition) is 4. The SMILES string of the molecule is NC1CCC(O)(CNc2ccccc2O)CC1. The van der Waals surface area contributed by atoms with Crippen LogP contribution in [0.2, 0.25) is 0 Å². The summed E-state index contributed by atoms with van der Waals surface area (Å²) < 4.78 is 0. The third kappa shape index (κ3) is 3.11. The second kappa shape index (κ2) is 4.94. The van der Waals surface area contributed by atoms with Crippen LogP contribution in [0.5, 0.6) is 5.75 Å². The van der Waals surface area contributed by atoms with E-state index in [9.17, 15) is 10.2 Å². The Morgan fingerprint density at radius 3 is 2.59 bits per heavy atom. The Bertz CT molecular complexity index is 373. The van der Waals surface area contributed by atoms with Crippen molar-refractivity contribution in [1.29, 1.82) is 0 Å². The molecule has 0 amide bonds. The fourth-order valence-electron chi connectivity index (χ4n) is 2.24. The summed E-state index contributed by atoms with van der Waals surface area (Å²) in [6.07, 6.45) is 3.15. The van der Waals surface area contributed by atoms with Gasteiger partial charge in [-0.05, 0) is 37.8 Å². The van der Waals surface area contributed by atoms with Gasteiger partial charge >= 0.3 is 0 Å². The molecule has 1 aromatic rings. The van der Waals surface area contributed by atoms with E-state index in [0.717, 1.165) is 25.7 Å². The Morgan fingerprint density at radius 2 is 1.94 bits per heavy atom. The van der Waals surface area contributed by atoms with Crippen molar-refractivity contribution < 1.29 is 10.2 Å². The number of para-hydroxylation sites is 2. The Morgan fingerprint density at radius 1 is 1.29 bits per heavy atom. The van der Waals surface area contributed by atoms with Crippen molar-refractivity contribution in [3.8, 4) is 5.75 Å². The summed E-state index contributed by atoms with van der Waals surface area (Å²) in [4.78, 5) is 0. The summed E-state index contributed by atoms with van der Waals surface area (Å²) in [7, 11) is 0. The van der Waals surface area contributed by atoms with Gasteiger partial charge in [0.05, 0.1) is 11.3 Å². The Hall–Kier alpha value is -1.26. The number of anilines is 1. The number of aliphatic hydroxyl groups is 1. The number of phenols is 1. The van der Waals surface area contributed by atoms with Gasteiger partial charge in [-0.2, -0.15) is 0 Å². The number of hydrogen-bond acceptors (Lipinski definition) is 4. The van der Waals surface area contributed by atoms with E-state index in [1.807, 2.05) is 6.07 Å². The zero-order chi connectivity index (χ0) is 12.3. The van der Waals surface area contributed by atoms with E-state index in [1.165, 1.54) is 0 Å². The maximum atomic E-state index is 10.3. The molecule has 0 unspecified atom stereocenters. The van der Waals surface area contributed by atoms with Crippen LogP contribution in [0.25, 0.3) is 0 Å². The summed E-state index contributed by atoms with van der Waals surface area (Å²) in [5.74, 6) is 0.212.